The second-order valence-corrected chi connectivity index (χ2v) is 12.8. The fourth-order valence-electron chi connectivity index (χ4n) is 7.88. The van der Waals surface area contributed by atoms with Crippen molar-refractivity contribution in [3.63, 3.8) is 0 Å². The zero-order chi connectivity index (χ0) is 27.5. The van der Waals surface area contributed by atoms with Crippen molar-refractivity contribution >= 4 is 11.8 Å². The van der Waals surface area contributed by atoms with Gasteiger partial charge in [-0.15, -0.1) is 0 Å². The lowest BCUT2D eigenvalue weighted by Gasteiger charge is -2.39. The number of amides is 2. The number of hydrogen-bond acceptors (Lipinski definition) is 4. The molecule has 2 aromatic carbocycles. The summed E-state index contributed by atoms with van der Waals surface area (Å²) >= 11 is 0. The molecule has 6 rings (SSSR count). The van der Waals surface area contributed by atoms with Crippen LogP contribution in [0.4, 0.5) is 0 Å². The second kappa shape index (κ2) is 11.9. The quantitative estimate of drug-likeness (QED) is 0.452. The number of rotatable bonds is 8. The maximum atomic E-state index is 13.6. The van der Waals surface area contributed by atoms with Crippen LogP contribution in [-0.4, -0.2) is 72.9 Å². The molecule has 2 atom stereocenters. The molecule has 3 heterocycles. The third kappa shape index (κ3) is 5.79. The highest BCUT2D eigenvalue weighted by Gasteiger charge is 2.48. The summed E-state index contributed by atoms with van der Waals surface area (Å²) in [6.45, 7) is 6.18. The molecule has 0 bridgehead atoms. The summed E-state index contributed by atoms with van der Waals surface area (Å²) in [4.78, 5) is 33.7. The van der Waals surface area contributed by atoms with Gasteiger partial charge in [0.2, 0.25) is 11.8 Å². The molecule has 40 heavy (non-hydrogen) atoms. The smallest absolute Gasteiger partial charge is 0.229 e. The summed E-state index contributed by atoms with van der Waals surface area (Å²) in [6.07, 6.45) is 8.59. The molecule has 1 spiro atoms. The van der Waals surface area contributed by atoms with Crippen LogP contribution >= 0.6 is 0 Å². The minimum Gasteiger partial charge on any atom is -0.497 e. The van der Waals surface area contributed by atoms with Crippen LogP contribution < -0.4 is 4.74 Å². The average Bonchev–Trinajstić information content (AvgIpc) is 3.72. The van der Waals surface area contributed by atoms with Crippen LogP contribution in [0.3, 0.4) is 0 Å². The number of hydrogen-bond donors (Lipinski definition) is 0. The Morgan fingerprint density at radius 1 is 0.925 bits per heavy atom. The first-order valence-corrected chi connectivity index (χ1v) is 15.5. The molecule has 6 heteroatoms. The third-order valence-corrected chi connectivity index (χ3v) is 10.4. The van der Waals surface area contributed by atoms with Gasteiger partial charge in [0.15, 0.2) is 0 Å². The van der Waals surface area contributed by atoms with E-state index in [1.807, 2.05) is 12.1 Å². The number of piperidine rings is 1. The lowest BCUT2D eigenvalue weighted by atomic mass is 9.76. The molecule has 4 fully saturated rings. The van der Waals surface area contributed by atoms with Gasteiger partial charge in [-0.2, -0.15) is 0 Å². The van der Waals surface area contributed by atoms with Gasteiger partial charge in [-0.25, -0.2) is 0 Å². The lowest BCUT2D eigenvalue weighted by molar-refractivity contribution is -0.139. The predicted molar refractivity (Wildman–Crippen MR) is 157 cm³/mol. The van der Waals surface area contributed by atoms with Crippen LogP contribution in [0, 0.1) is 17.3 Å². The van der Waals surface area contributed by atoms with E-state index < -0.39 is 0 Å². The van der Waals surface area contributed by atoms with Gasteiger partial charge in [-0.05, 0) is 80.3 Å². The minimum atomic E-state index is -0.194. The van der Waals surface area contributed by atoms with E-state index in [4.69, 9.17) is 4.74 Å². The zero-order valence-corrected chi connectivity index (χ0v) is 24.1. The van der Waals surface area contributed by atoms with Crippen molar-refractivity contribution in [3.05, 3.63) is 65.7 Å². The minimum absolute atomic E-state index is 0.194. The van der Waals surface area contributed by atoms with Gasteiger partial charge in [0, 0.05) is 45.1 Å². The highest BCUT2D eigenvalue weighted by Crippen LogP contribution is 2.43. The van der Waals surface area contributed by atoms with Crippen molar-refractivity contribution in [3.8, 4) is 5.75 Å². The van der Waals surface area contributed by atoms with Crippen LogP contribution in [0.2, 0.25) is 0 Å². The molecule has 3 aliphatic heterocycles. The normalized spacial score (nSPS) is 25.3. The molecule has 4 aliphatic rings. The molecule has 1 aliphatic carbocycles. The maximum Gasteiger partial charge on any atom is 0.229 e. The molecule has 0 aromatic heterocycles. The van der Waals surface area contributed by atoms with E-state index >= 15 is 0 Å². The molecule has 2 amide bonds. The molecule has 0 radical (unpaired) electrons. The molecule has 3 saturated heterocycles. The van der Waals surface area contributed by atoms with Crippen LogP contribution in [0.5, 0.6) is 5.75 Å². The topological polar surface area (TPSA) is 53.1 Å². The average molecular weight is 544 g/mol. The van der Waals surface area contributed by atoms with Crippen molar-refractivity contribution in [2.24, 2.45) is 17.3 Å². The van der Waals surface area contributed by atoms with Gasteiger partial charge < -0.3 is 19.4 Å². The van der Waals surface area contributed by atoms with Crippen LogP contribution in [-0.2, 0) is 16.1 Å². The van der Waals surface area contributed by atoms with Gasteiger partial charge in [0.05, 0.1) is 12.5 Å². The Hall–Kier alpha value is -2.86. The summed E-state index contributed by atoms with van der Waals surface area (Å²) in [5, 5.41) is 0. The van der Waals surface area contributed by atoms with Gasteiger partial charge in [0.25, 0.3) is 0 Å². The SMILES string of the molecule is COc1ccc(CN2CCC3(CCN(C[C@H]4CN(C(=O)CC5CCCC5)C[C@@H]4c4ccccc4)CC3)C2=O)cc1. The number of methoxy groups -OCH3 is 1. The van der Waals surface area contributed by atoms with Gasteiger partial charge in [-0.1, -0.05) is 55.3 Å². The summed E-state index contributed by atoms with van der Waals surface area (Å²) in [6, 6.07) is 18.9. The molecule has 0 N–H and O–H groups in total. The summed E-state index contributed by atoms with van der Waals surface area (Å²) in [7, 11) is 1.68. The first kappa shape index (κ1) is 27.3. The van der Waals surface area contributed by atoms with Crippen LogP contribution in [0.25, 0.3) is 0 Å². The molecule has 6 nitrogen and oxygen atoms in total. The number of carbonyl (C=O) groups is 2. The Kier molecular flexibility index (Phi) is 8.15. The molecule has 214 valence electrons. The van der Waals surface area contributed by atoms with E-state index in [2.05, 4.69) is 57.2 Å². The first-order valence-electron chi connectivity index (χ1n) is 15.5. The Morgan fingerprint density at radius 3 is 2.33 bits per heavy atom. The van der Waals surface area contributed by atoms with E-state index in [0.717, 1.165) is 76.3 Å². The molecule has 2 aromatic rings. The Labute approximate surface area is 239 Å². The molecular formula is C34H45N3O3. The highest BCUT2D eigenvalue weighted by atomic mass is 16.5. The van der Waals surface area contributed by atoms with Crippen molar-refractivity contribution in [1.82, 2.24) is 14.7 Å². The first-order chi connectivity index (χ1) is 19.5. The van der Waals surface area contributed by atoms with E-state index in [-0.39, 0.29) is 5.41 Å². The Morgan fingerprint density at radius 2 is 1.62 bits per heavy atom. The summed E-state index contributed by atoms with van der Waals surface area (Å²) in [5.74, 6) is 2.97. The van der Waals surface area contributed by atoms with Crippen molar-refractivity contribution in [2.45, 2.75) is 63.8 Å². The summed E-state index contributed by atoms with van der Waals surface area (Å²) < 4.78 is 5.28. The van der Waals surface area contributed by atoms with Crippen molar-refractivity contribution < 1.29 is 14.3 Å². The molecule has 0 unspecified atom stereocenters. The number of ether oxygens (including phenoxy) is 1. The van der Waals surface area contributed by atoms with Crippen LogP contribution in [0.1, 0.15) is 68.4 Å². The fraction of sp³-hybridized carbons (Fsp3) is 0.588. The monoisotopic (exact) mass is 543 g/mol. The van der Waals surface area contributed by atoms with Crippen molar-refractivity contribution in [2.75, 3.05) is 46.4 Å². The van der Waals surface area contributed by atoms with Crippen LogP contribution in [0.15, 0.2) is 54.6 Å². The number of likely N-dealkylation sites (tertiary alicyclic amines) is 3. The largest absolute Gasteiger partial charge is 0.497 e. The lowest BCUT2D eigenvalue weighted by Crippen LogP contribution is -2.46. The Bertz CT molecular complexity index is 1150. The second-order valence-electron chi connectivity index (χ2n) is 12.8. The van der Waals surface area contributed by atoms with E-state index in [1.54, 1.807) is 7.11 Å². The zero-order valence-electron chi connectivity index (χ0n) is 24.1. The highest BCUT2D eigenvalue weighted by molar-refractivity contribution is 5.85. The summed E-state index contributed by atoms with van der Waals surface area (Å²) in [5.41, 5.74) is 2.32. The third-order valence-electron chi connectivity index (χ3n) is 10.4. The van der Waals surface area contributed by atoms with E-state index in [9.17, 15) is 9.59 Å². The van der Waals surface area contributed by atoms with E-state index in [1.165, 1.54) is 31.2 Å². The molecular weight excluding hydrogens is 498 g/mol. The van der Waals surface area contributed by atoms with E-state index in [0.29, 0.717) is 36.1 Å². The fourth-order valence-corrected chi connectivity index (χ4v) is 7.88. The molecule has 1 saturated carbocycles. The maximum absolute atomic E-state index is 13.6. The van der Waals surface area contributed by atoms with Crippen molar-refractivity contribution in [1.29, 1.82) is 0 Å². The number of nitrogens with zero attached hydrogens (tertiary/aromatic N) is 3. The van der Waals surface area contributed by atoms with Gasteiger partial charge in [0.1, 0.15) is 5.75 Å². The van der Waals surface area contributed by atoms with Gasteiger partial charge in [-0.3, -0.25) is 9.59 Å². The number of benzene rings is 2. The number of carbonyl (C=O) groups excluding carboxylic acids is 2. The Balaban J connectivity index is 1.06. The standard InChI is InChI=1S/C34H45N3O3/c1-40-30-13-11-27(12-14-30)22-36-20-17-34(33(36)39)15-18-35(19-16-34)23-29-24-37(32(38)21-26-7-5-6-8-26)25-31(29)28-9-3-2-4-10-28/h2-4,9-14,26,29,31H,5-8,15-25H2,1H3/t29-,31+/m0/s1. The predicted octanol–water partition coefficient (Wildman–Crippen LogP) is 5.33. The van der Waals surface area contributed by atoms with Gasteiger partial charge >= 0.3 is 0 Å².